The summed E-state index contributed by atoms with van der Waals surface area (Å²) in [6.07, 6.45) is 1.88. The highest BCUT2D eigenvalue weighted by Crippen LogP contribution is 2.41. The molecule has 0 heterocycles. The van der Waals surface area contributed by atoms with E-state index < -0.39 is 16.8 Å². The summed E-state index contributed by atoms with van der Waals surface area (Å²) in [6, 6.07) is 5.54. The molecule has 2 aromatic rings. The number of carbonyl (C=O) groups excluding carboxylic acids is 1. The largest absolute Gasteiger partial charge is 0.507 e. The zero-order valence-electron chi connectivity index (χ0n) is 16.5. The molecule has 0 saturated carbocycles. The molecule has 158 valence electrons. The summed E-state index contributed by atoms with van der Waals surface area (Å²) in [7, 11) is 0. The molecule has 0 atom stereocenters. The smallest absolute Gasteiger partial charge is 0.446 e. The van der Waals surface area contributed by atoms with Crippen molar-refractivity contribution in [3.05, 3.63) is 46.0 Å². The molecule has 3 nitrogen and oxygen atoms in total. The van der Waals surface area contributed by atoms with Gasteiger partial charge in [0.05, 0.1) is 16.3 Å². The topological polar surface area (TPSA) is 49.3 Å². The highest BCUT2D eigenvalue weighted by molar-refractivity contribution is 8.00. The maximum absolute atomic E-state index is 12.9. The molecule has 0 aliphatic carbocycles. The molecule has 1 amide bonds. The molecule has 2 rings (SSSR count). The maximum Gasteiger partial charge on any atom is 0.446 e. The first-order chi connectivity index (χ1) is 13.2. The van der Waals surface area contributed by atoms with Crippen LogP contribution >= 0.6 is 35.1 Å². The number of amides is 1. The summed E-state index contributed by atoms with van der Waals surface area (Å²) in [5.74, 6) is -0.704. The lowest BCUT2D eigenvalue weighted by molar-refractivity contribution is -0.0328. The summed E-state index contributed by atoms with van der Waals surface area (Å²) < 4.78 is 37.6. The number of carbonyl (C=O) groups is 1. The molecule has 0 aliphatic rings. The summed E-state index contributed by atoms with van der Waals surface area (Å²) in [6.45, 7) is 7.52. The number of phenols is 1. The van der Waals surface area contributed by atoms with Gasteiger partial charge in [-0.25, -0.2) is 0 Å². The lowest BCUT2D eigenvalue weighted by Crippen LogP contribution is -2.18. The average Bonchev–Trinajstić information content (AvgIpc) is 2.55. The van der Waals surface area contributed by atoms with Gasteiger partial charge in [-0.2, -0.15) is 13.2 Å². The van der Waals surface area contributed by atoms with Crippen molar-refractivity contribution in [3.8, 4) is 5.75 Å². The Balaban J connectivity index is 2.43. The fourth-order valence-electron chi connectivity index (χ4n) is 2.78. The zero-order valence-corrected chi connectivity index (χ0v) is 18.9. The molecule has 0 bridgehead atoms. The van der Waals surface area contributed by atoms with Gasteiger partial charge in [-0.3, -0.25) is 4.79 Å². The number of hydrogen-bond acceptors (Lipinski definition) is 4. The van der Waals surface area contributed by atoms with Gasteiger partial charge in [-0.15, -0.1) is 11.8 Å². The van der Waals surface area contributed by atoms with Gasteiger partial charge in [-0.05, 0) is 60.2 Å². The van der Waals surface area contributed by atoms with E-state index in [0.29, 0.717) is 11.1 Å². The molecule has 0 aliphatic heterocycles. The molecule has 0 radical (unpaired) electrons. The van der Waals surface area contributed by atoms with Crippen LogP contribution < -0.4 is 5.32 Å². The Morgan fingerprint density at radius 1 is 1.17 bits per heavy atom. The maximum atomic E-state index is 12.9. The first-order valence-electron chi connectivity index (χ1n) is 8.52. The number of benzene rings is 2. The molecule has 2 N–H and O–H groups in total. The minimum atomic E-state index is -4.43. The number of alkyl halides is 3. The molecule has 0 aromatic heterocycles. The van der Waals surface area contributed by atoms with Crippen LogP contribution in [0, 0.1) is 6.92 Å². The number of hydrogen-bond donors (Lipinski definition) is 2. The van der Waals surface area contributed by atoms with Crippen molar-refractivity contribution in [1.29, 1.82) is 0 Å². The van der Waals surface area contributed by atoms with Gasteiger partial charge in [-0.1, -0.05) is 32.4 Å². The zero-order chi connectivity index (χ0) is 22.1. The Bertz CT molecular complexity index is 941. The van der Waals surface area contributed by atoms with Crippen LogP contribution in [0.5, 0.6) is 5.75 Å². The standard InChI is InChI=1S/C20H21ClF3NO2S2/c1-10-15(28-5)9-12(19(2,3)4)17(26)16(10)18(27)25-14-7-6-11(8-13(14)21)29-20(22,23)24/h6-9,26H,1-5H3,(H,25,27). The number of anilines is 1. The first kappa shape index (κ1) is 23.8. The summed E-state index contributed by atoms with van der Waals surface area (Å²) in [5.41, 5.74) is -3.31. The second-order valence-electron chi connectivity index (χ2n) is 7.37. The van der Waals surface area contributed by atoms with E-state index in [-0.39, 0.29) is 38.7 Å². The molecular formula is C20H21ClF3NO2S2. The molecule has 9 heteroatoms. The van der Waals surface area contributed by atoms with Crippen LogP contribution in [0.2, 0.25) is 5.02 Å². The summed E-state index contributed by atoms with van der Waals surface area (Å²) in [4.78, 5) is 13.7. The fraction of sp³-hybridized carbons (Fsp3) is 0.350. The Hall–Kier alpha value is -1.51. The van der Waals surface area contributed by atoms with Gasteiger partial charge in [0, 0.05) is 15.4 Å². The van der Waals surface area contributed by atoms with Crippen LogP contribution in [0.15, 0.2) is 34.1 Å². The van der Waals surface area contributed by atoms with Crippen molar-refractivity contribution in [2.75, 3.05) is 11.6 Å². The lowest BCUT2D eigenvalue weighted by atomic mass is 9.84. The number of nitrogens with one attached hydrogen (secondary N) is 1. The highest BCUT2D eigenvalue weighted by atomic mass is 35.5. The quantitative estimate of drug-likeness (QED) is 0.469. The SMILES string of the molecule is CSc1cc(C(C)(C)C)c(O)c(C(=O)Nc2ccc(SC(F)(F)F)cc2Cl)c1C. The number of halogens is 4. The van der Waals surface area contributed by atoms with Crippen LogP contribution in [0.1, 0.15) is 42.3 Å². The van der Waals surface area contributed by atoms with E-state index >= 15 is 0 Å². The Morgan fingerprint density at radius 3 is 2.28 bits per heavy atom. The predicted molar refractivity (Wildman–Crippen MR) is 115 cm³/mol. The normalized spacial score (nSPS) is 12.2. The molecule has 0 fully saturated rings. The molecular weight excluding hydrogens is 443 g/mol. The van der Waals surface area contributed by atoms with Crippen molar-refractivity contribution < 1.29 is 23.1 Å². The minimum absolute atomic E-state index is 0.0261. The Labute approximate surface area is 181 Å². The van der Waals surface area contributed by atoms with Crippen LogP contribution in [0.3, 0.4) is 0 Å². The number of phenolic OH excluding ortho intramolecular Hbond substituents is 1. The van der Waals surface area contributed by atoms with Crippen LogP contribution in [-0.2, 0) is 5.41 Å². The second-order valence-corrected chi connectivity index (χ2v) is 9.76. The van der Waals surface area contributed by atoms with E-state index in [1.807, 2.05) is 33.1 Å². The van der Waals surface area contributed by atoms with Crippen LogP contribution in [0.4, 0.5) is 18.9 Å². The van der Waals surface area contributed by atoms with Gasteiger partial charge >= 0.3 is 5.51 Å². The van der Waals surface area contributed by atoms with Crippen molar-refractivity contribution in [2.45, 2.75) is 48.4 Å². The van der Waals surface area contributed by atoms with E-state index in [1.54, 1.807) is 6.92 Å². The summed E-state index contributed by atoms with van der Waals surface area (Å²) in [5, 5.41) is 13.4. The number of thioether (sulfide) groups is 2. The van der Waals surface area contributed by atoms with E-state index in [2.05, 4.69) is 5.32 Å². The van der Waals surface area contributed by atoms with Crippen molar-refractivity contribution in [1.82, 2.24) is 0 Å². The molecule has 29 heavy (non-hydrogen) atoms. The third-order valence-electron chi connectivity index (χ3n) is 4.19. The Kier molecular flexibility index (Phi) is 7.13. The van der Waals surface area contributed by atoms with Gasteiger partial charge in [0.25, 0.3) is 5.91 Å². The monoisotopic (exact) mass is 463 g/mol. The van der Waals surface area contributed by atoms with Crippen molar-refractivity contribution in [2.24, 2.45) is 0 Å². The van der Waals surface area contributed by atoms with Gasteiger partial charge in [0.2, 0.25) is 0 Å². The number of rotatable bonds is 4. The third-order valence-corrected chi connectivity index (χ3v) is 6.09. The van der Waals surface area contributed by atoms with Gasteiger partial charge < -0.3 is 10.4 Å². The third kappa shape index (κ3) is 5.77. The highest BCUT2D eigenvalue weighted by Gasteiger charge is 2.30. The van der Waals surface area contributed by atoms with Gasteiger partial charge in [0.1, 0.15) is 5.75 Å². The number of aromatic hydroxyl groups is 1. The van der Waals surface area contributed by atoms with E-state index in [1.165, 1.54) is 23.9 Å². The second kappa shape index (κ2) is 8.70. The van der Waals surface area contributed by atoms with E-state index in [4.69, 9.17) is 11.6 Å². The van der Waals surface area contributed by atoms with Crippen LogP contribution in [-0.4, -0.2) is 22.8 Å². The first-order valence-corrected chi connectivity index (χ1v) is 10.9. The molecule has 0 spiro atoms. The molecule has 2 aromatic carbocycles. The van der Waals surface area contributed by atoms with E-state index in [9.17, 15) is 23.1 Å². The predicted octanol–water partition coefficient (Wildman–Crippen LogP) is 7.24. The minimum Gasteiger partial charge on any atom is -0.507 e. The summed E-state index contributed by atoms with van der Waals surface area (Å²) >= 11 is 7.24. The molecule has 0 unspecified atom stereocenters. The van der Waals surface area contributed by atoms with Gasteiger partial charge in [0.15, 0.2) is 0 Å². The van der Waals surface area contributed by atoms with Crippen LogP contribution in [0.25, 0.3) is 0 Å². The van der Waals surface area contributed by atoms with Crippen molar-refractivity contribution >= 4 is 46.7 Å². The Morgan fingerprint density at radius 2 is 1.79 bits per heavy atom. The lowest BCUT2D eigenvalue weighted by Gasteiger charge is -2.24. The average molecular weight is 464 g/mol. The molecule has 0 saturated heterocycles. The van der Waals surface area contributed by atoms with E-state index in [0.717, 1.165) is 11.0 Å². The fourth-order valence-corrected chi connectivity index (χ4v) is 4.30. The van der Waals surface area contributed by atoms with Crippen molar-refractivity contribution in [3.63, 3.8) is 0 Å².